The van der Waals surface area contributed by atoms with Gasteiger partial charge in [0.05, 0.1) is 5.69 Å². The normalized spacial score (nSPS) is 21.5. The summed E-state index contributed by atoms with van der Waals surface area (Å²) >= 11 is 3.33. The van der Waals surface area contributed by atoms with Crippen LogP contribution in [0.5, 0.6) is 11.5 Å². The van der Waals surface area contributed by atoms with Gasteiger partial charge in [-0.05, 0) is 36.4 Å². The lowest BCUT2D eigenvalue weighted by molar-refractivity contribution is -0.123. The van der Waals surface area contributed by atoms with Crippen molar-refractivity contribution < 1.29 is 23.9 Å². The molecule has 1 saturated heterocycles. The fourth-order valence-corrected chi connectivity index (χ4v) is 3.93. The zero-order chi connectivity index (χ0) is 21.5. The van der Waals surface area contributed by atoms with E-state index in [4.69, 9.17) is 9.47 Å². The maximum atomic E-state index is 13.0. The van der Waals surface area contributed by atoms with Crippen LogP contribution in [0.3, 0.4) is 0 Å². The van der Waals surface area contributed by atoms with Crippen LogP contribution < -0.4 is 19.7 Å². The van der Waals surface area contributed by atoms with E-state index in [1.807, 2.05) is 0 Å². The predicted molar refractivity (Wildman–Crippen MR) is 112 cm³/mol. The topological polar surface area (TPSA) is 113 Å². The van der Waals surface area contributed by atoms with E-state index < -0.39 is 29.8 Å². The van der Waals surface area contributed by atoms with Crippen molar-refractivity contribution in [3.8, 4) is 11.5 Å². The third-order valence-electron chi connectivity index (χ3n) is 5.07. The Morgan fingerprint density at radius 3 is 2.58 bits per heavy atom. The summed E-state index contributed by atoms with van der Waals surface area (Å²) in [5.74, 6) is -0.168. The molecule has 0 aromatic heterocycles. The van der Waals surface area contributed by atoms with Crippen LogP contribution in [-0.2, 0) is 14.4 Å². The Morgan fingerprint density at radius 2 is 1.81 bits per heavy atom. The SMILES string of the molecule is O=C(CN1N=N[C@H]2C(=O)N(c3ccc(Br)cc3)C(=O)[C@@H]21)Nc1ccc2c(c1)OCCO2. The fourth-order valence-electron chi connectivity index (χ4n) is 3.67. The van der Waals surface area contributed by atoms with E-state index in [1.165, 1.54) is 5.01 Å². The Bertz CT molecular complexity index is 1110. The molecular formula is C20H16BrN5O5. The number of ether oxygens (including phenoxy) is 2. The van der Waals surface area contributed by atoms with E-state index in [2.05, 4.69) is 31.6 Å². The highest BCUT2D eigenvalue weighted by molar-refractivity contribution is 9.10. The molecule has 11 heteroatoms. The number of halogens is 1. The fraction of sp³-hybridized carbons (Fsp3) is 0.250. The Labute approximate surface area is 184 Å². The van der Waals surface area contributed by atoms with Crippen molar-refractivity contribution in [2.75, 3.05) is 30.0 Å². The number of nitrogens with zero attached hydrogens (tertiary/aromatic N) is 4. The first-order valence-electron chi connectivity index (χ1n) is 9.51. The number of rotatable bonds is 4. The third kappa shape index (κ3) is 3.50. The second-order valence-corrected chi connectivity index (χ2v) is 8.00. The summed E-state index contributed by atoms with van der Waals surface area (Å²) in [6, 6.07) is 9.98. The number of hydrogen-bond donors (Lipinski definition) is 1. The van der Waals surface area contributed by atoms with Gasteiger partial charge in [-0.1, -0.05) is 21.2 Å². The van der Waals surface area contributed by atoms with Gasteiger partial charge in [0.1, 0.15) is 19.8 Å². The van der Waals surface area contributed by atoms with Gasteiger partial charge in [0.25, 0.3) is 11.8 Å². The molecule has 1 N–H and O–H groups in total. The molecule has 3 amide bonds. The van der Waals surface area contributed by atoms with Crippen molar-refractivity contribution in [2.45, 2.75) is 12.1 Å². The number of imide groups is 1. The van der Waals surface area contributed by atoms with Crippen molar-refractivity contribution in [3.63, 3.8) is 0 Å². The lowest BCUT2D eigenvalue weighted by Crippen LogP contribution is -2.43. The zero-order valence-electron chi connectivity index (χ0n) is 16.0. The van der Waals surface area contributed by atoms with Gasteiger partial charge >= 0.3 is 0 Å². The molecule has 0 aliphatic carbocycles. The lowest BCUT2D eigenvalue weighted by Gasteiger charge is -2.21. The largest absolute Gasteiger partial charge is 0.486 e. The third-order valence-corrected chi connectivity index (χ3v) is 5.60. The molecule has 2 aromatic carbocycles. The Balaban J connectivity index is 1.28. The van der Waals surface area contributed by atoms with Crippen molar-refractivity contribution in [3.05, 3.63) is 46.9 Å². The molecule has 0 bridgehead atoms. The number of hydrogen-bond acceptors (Lipinski definition) is 8. The zero-order valence-corrected chi connectivity index (χ0v) is 17.6. The van der Waals surface area contributed by atoms with E-state index in [0.29, 0.717) is 36.1 Å². The summed E-state index contributed by atoms with van der Waals surface area (Å²) < 4.78 is 11.8. The highest BCUT2D eigenvalue weighted by Gasteiger charge is 2.55. The van der Waals surface area contributed by atoms with Crippen LogP contribution in [-0.4, -0.2) is 54.6 Å². The number of amides is 3. The standard InChI is InChI=1S/C20H16BrN5O5/c21-11-1-4-13(5-2-11)26-19(28)17-18(20(26)29)25(24-23-17)10-16(27)22-12-3-6-14-15(9-12)31-8-7-30-14/h1-6,9,17-18H,7-8,10H2,(H,22,27)/t17-,18-/m1/s1. The summed E-state index contributed by atoms with van der Waals surface area (Å²) in [7, 11) is 0. The number of carbonyl (C=O) groups excluding carboxylic acids is 3. The molecule has 0 spiro atoms. The number of carbonyl (C=O) groups is 3. The smallest absolute Gasteiger partial charge is 0.263 e. The molecule has 1 fully saturated rings. The van der Waals surface area contributed by atoms with Crippen LogP contribution in [0.15, 0.2) is 57.3 Å². The molecule has 31 heavy (non-hydrogen) atoms. The van der Waals surface area contributed by atoms with Crippen LogP contribution in [0, 0.1) is 0 Å². The first kappa shape index (κ1) is 19.5. The van der Waals surface area contributed by atoms with Gasteiger partial charge in [0.2, 0.25) is 5.91 Å². The van der Waals surface area contributed by atoms with E-state index in [0.717, 1.165) is 9.37 Å². The van der Waals surface area contributed by atoms with Gasteiger partial charge in [-0.2, -0.15) is 5.11 Å². The van der Waals surface area contributed by atoms with Crippen LogP contribution in [0.4, 0.5) is 11.4 Å². The van der Waals surface area contributed by atoms with Gasteiger partial charge in [-0.25, -0.2) is 4.90 Å². The minimum atomic E-state index is -0.960. The number of nitrogens with one attached hydrogen (secondary N) is 1. The Kier molecular flexibility index (Phi) is 4.81. The lowest BCUT2D eigenvalue weighted by atomic mass is 10.1. The molecule has 10 nitrogen and oxygen atoms in total. The van der Waals surface area contributed by atoms with Crippen LogP contribution in [0.25, 0.3) is 0 Å². The van der Waals surface area contributed by atoms with Crippen LogP contribution in [0.2, 0.25) is 0 Å². The number of fused-ring (bicyclic) bond motifs is 2. The predicted octanol–water partition coefficient (Wildman–Crippen LogP) is 2.15. The van der Waals surface area contributed by atoms with Crippen LogP contribution in [0.1, 0.15) is 0 Å². The monoisotopic (exact) mass is 485 g/mol. The molecule has 0 saturated carbocycles. The van der Waals surface area contributed by atoms with Gasteiger partial charge in [-0.15, -0.1) is 0 Å². The van der Waals surface area contributed by atoms with Crippen molar-refractivity contribution in [2.24, 2.45) is 10.3 Å². The van der Waals surface area contributed by atoms with E-state index in [-0.39, 0.29) is 6.54 Å². The van der Waals surface area contributed by atoms with E-state index >= 15 is 0 Å². The molecule has 3 aliphatic rings. The Morgan fingerprint density at radius 1 is 1.06 bits per heavy atom. The summed E-state index contributed by atoms with van der Waals surface area (Å²) in [5, 5.41) is 11.8. The van der Waals surface area contributed by atoms with Gasteiger partial charge in [0, 0.05) is 16.2 Å². The quantitative estimate of drug-likeness (QED) is 0.663. The summed E-state index contributed by atoms with van der Waals surface area (Å²) in [6.07, 6.45) is 0. The first-order valence-corrected chi connectivity index (χ1v) is 10.3. The average Bonchev–Trinajstić information content (AvgIpc) is 3.28. The molecule has 3 heterocycles. The first-order chi connectivity index (χ1) is 15.0. The number of benzene rings is 2. The molecule has 3 aliphatic heterocycles. The number of anilines is 2. The van der Waals surface area contributed by atoms with Crippen molar-refractivity contribution >= 4 is 45.0 Å². The average molecular weight is 486 g/mol. The highest BCUT2D eigenvalue weighted by atomic mass is 79.9. The molecule has 5 rings (SSSR count). The molecule has 0 radical (unpaired) electrons. The van der Waals surface area contributed by atoms with E-state index in [9.17, 15) is 14.4 Å². The molecule has 158 valence electrons. The molecular weight excluding hydrogens is 470 g/mol. The van der Waals surface area contributed by atoms with Gasteiger partial charge in [0.15, 0.2) is 23.6 Å². The van der Waals surface area contributed by atoms with E-state index in [1.54, 1.807) is 42.5 Å². The van der Waals surface area contributed by atoms with Crippen molar-refractivity contribution in [1.82, 2.24) is 5.01 Å². The second-order valence-electron chi connectivity index (χ2n) is 7.09. The summed E-state index contributed by atoms with van der Waals surface area (Å²) in [4.78, 5) is 39.3. The summed E-state index contributed by atoms with van der Waals surface area (Å²) in [6.45, 7) is 0.685. The van der Waals surface area contributed by atoms with Gasteiger partial charge in [-0.3, -0.25) is 19.4 Å². The Hall–Kier alpha value is -3.47. The maximum Gasteiger partial charge on any atom is 0.263 e. The second kappa shape index (κ2) is 7.65. The highest BCUT2D eigenvalue weighted by Crippen LogP contribution is 2.34. The van der Waals surface area contributed by atoms with Crippen LogP contribution >= 0.6 is 15.9 Å². The van der Waals surface area contributed by atoms with Crippen molar-refractivity contribution in [1.29, 1.82) is 0 Å². The van der Waals surface area contributed by atoms with Gasteiger partial charge < -0.3 is 14.8 Å². The minimum absolute atomic E-state index is 0.230. The minimum Gasteiger partial charge on any atom is -0.486 e. The summed E-state index contributed by atoms with van der Waals surface area (Å²) in [5.41, 5.74) is 0.968. The molecule has 2 aromatic rings. The molecule has 2 atom stereocenters. The molecule has 0 unspecified atom stereocenters. The maximum absolute atomic E-state index is 13.0.